The summed E-state index contributed by atoms with van der Waals surface area (Å²) in [6, 6.07) is 9.68. The summed E-state index contributed by atoms with van der Waals surface area (Å²) in [5.74, 6) is -0.826. The van der Waals surface area contributed by atoms with Crippen LogP contribution in [0.5, 0.6) is 0 Å². The van der Waals surface area contributed by atoms with Gasteiger partial charge >= 0.3 is 11.9 Å². The fourth-order valence-electron chi connectivity index (χ4n) is 2.63. The third kappa shape index (κ3) is 3.25. The maximum atomic E-state index is 12.2. The van der Waals surface area contributed by atoms with Crippen molar-refractivity contribution < 1.29 is 23.5 Å². The number of hydrogen-bond acceptors (Lipinski definition) is 6. The van der Waals surface area contributed by atoms with E-state index in [0.717, 1.165) is 0 Å². The molecule has 1 saturated heterocycles. The average molecular weight is 392 g/mol. The van der Waals surface area contributed by atoms with Crippen LogP contribution >= 0.6 is 23.2 Å². The van der Waals surface area contributed by atoms with E-state index < -0.39 is 18.0 Å². The smallest absolute Gasteiger partial charge is 0.347 e. The zero-order valence-electron chi connectivity index (χ0n) is 13.2. The van der Waals surface area contributed by atoms with Crippen LogP contribution in [-0.2, 0) is 14.3 Å². The van der Waals surface area contributed by atoms with Gasteiger partial charge in [-0.05, 0) is 36.4 Å². The molecule has 1 aromatic heterocycles. The summed E-state index contributed by atoms with van der Waals surface area (Å²) in [7, 11) is 0. The highest BCUT2D eigenvalue weighted by atomic mass is 35.5. The number of carbonyl (C=O) groups excluding carboxylic acids is 2. The van der Waals surface area contributed by atoms with Gasteiger partial charge in [0.15, 0.2) is 5.58 Å². The molecule has 8 heteroatoms. The number of aromatic nitrogens is 1. The molecule has 0 N–H and O–H groups in total. The minimum absolute atomic E-state index is 0.253. The van der Waals surface area contributed by atoms with Gasteiger partial charge in [0, 0.05) is 22.0 Å². The van der Waals surface area contributed by atoms with Gasteiger partial charge in [0.25, 0.3) is 0 Å². The van der Waals surface area contributed by atoms with Crippen molar-refractivity contribution in [1.29, 1.82) is 0 Å². The van der Waals surface area contributed by atoms with Crippen LogP contribution < -0.4 is 0 Å². The Labute approximate surface area is 157 Å². The van der Waals surface area contributed by atoms with Gasteiger partial charge in [-0.1, -0.05) is 23.2 Å². The van der Waals surface area contributed by atoms with Gasteiger partial charge in [-0.15, -0.1) is 0 Å². The van der Waals surface area contributed by atoms with Gasteiger partial charge in [-0.2, -0.15) is 0 Å². The number of cyclic esters (lactones) is 1. The Morgan fingerprint density at radius 3 is 2.62 bits per heavy atom. The Morgan fingerprint density at radius 1 is 1.15 bits per heavy atom. The van der Waals surface area contributed by atoms with Crippen LogP contribution in [0.1, 0.15) is 16.8 Å². The fraction of sp³-hybridized carbons (Fsp3) is 0.167. The van der Waals surface area contributed by atoms with Crippen LogP contribution in [0.25, 0.3) is 22.6 Å². The van der Waals surface area contributed by atoms with E-state index in [-0.39, 0.29) is 12.2 Å². The number of ether oxygens (including phenoxy) is 2. The normalized spacial score (nSPS) is 16.7. The number of fused-ring (bicyclic) bond motifs is 1. The zero-order valence-corrected chi connectivity index (χ0v) is 14.7. The quantitative estimate of drug-likeness (QED) is 0.620. The van der Waals surface area contributed by atoms with E-state index >= 15 is 0 Å². The highest BCUT2D eigenvalue weighted by molar-refractivity contribution is 6.35. The summed E-state index contributed by atoms with van der Waals surface area (Å²) in [5.41, 5.74) is 1.84. The van der Waals surface area contributed by atoms with Crippen molar-refractivity contribution in [3.63, 3.8) is 0 Å². The van der Waals surface area contributed by atoms with E-state index in [1.165, 1.54) is 6.07 Å². The van der Waals surface area contributed by atoms with E-state index in [9.17, 15) is 9.59 Å². The molecule has 26 heavy (non-hydrogen) atoms. The lowest BCUT2D eigenvalue weighted by Gasteiger charge is -2.07. The summed E-state index contributed by atoms with van der Waals surface area (Å²) in [6.07, 6.45) is -0.508. The van der Waals surface area contributed by atoms with Crippen molar-refractivity contribution in [3.05, 3.63) is 52.0 Å². The summed E-state index contributed by atoms with van der Waals surface area (Å²) in [6.45, 7) is 0.253. The summed E-state index contributed by atoms with van der Waals surface area (Å²) in [4.78, 5) is 28.0. The first-order valence-corrected chi connectivity index (χ1v) is 8.50. The van der Waals surface area contributed by atoms with E-state index in [2.05, 4.69) is 4.98 Å². The molecule has 0 radical (unpaired) electrons. The number of carbonyl (C=O) groups is 2. The molecule has 0 bridgehead atoms. The molecule has 2 aromatic carbocycles. The van der Waals surface area contributed by atoms with E-state index in [0.29, 0.717) is 39.0 Å². The van der Waals surface area contributed by atoms with Crippen LogP contribution in [0.15, 0.2) is 40.8 Å². The minimum atomic E-state index is -0.864. The molecule has 0 aliphatic carbocycles. The summed E-state index contributed by atoms with van der Waals surface area (Å²) < 4.78 is 15.7. The van der Waals surface area contributed by atoms with Crippen molar-refractivity contribution in [3.8, 4) is 11.5 Å². The van der Waals surface area contributed by atoms with Crippen molar-refractivity contribution >= 4 is 46.2 Å². The SMILES string of the molecule is O=C(OC1CCOC1=O)c1ccc2nc(-c3cc(Cl)cc(Cl)c3)oc2c1. The van der Waals surface area contributed by atoms with Crippen molar-refractivity contribution in [2.24, 2.45) is 0 Å². The second-order valence-electron chi connectivity index (χ2n) is 5.71. The molecular formula is C18H11Cl2NO5. The number of halogens is 2. The topological polar surface area (TPSA) is 78.6 Å². The Kier molecular flexibility index (Phi) is 4.30. The van der Waals surface area contributed by atoms with Crippen molar-refractivity contribution in [2.75, 3.05) is 6.61 Å². The van der Waals surface area contributed by atoms with Crippen LogP contribution in [0.3, 0.4) is 0 Å². The van der Waals surface area contributed by atoms with E-state index in [1.807, 2.05) is 0 Å². The summed E-state index contributed by atoms with van der Waals surface area (Å²) in [5, 5.41) is 0.921. The molecule has 2 heterocycles. The lowest BCUT2D eigenvalue weighted by molar-refractivity contribution is -0.145. The first-order valence-electron chi connectivity index (χ1n) is 7.74. The molecule has 1 atom stereocenters. The number of oxazole rings is 1. The van der Waals surface area contributed by atoms with Crippen molar-refractivity contribution in [2.45, 2.75) is 12.5 Å². The number of benzene rings is 2. The molecule has 6 nitrogen and oxygen atoms in total. The highest BCUT2D eigenvalue weighted by Crippen LogP contribution is 2.29. The molecule has 0 amide bonds. The molecule has 4 rings (SSSR count). The van der Waals surface area contributed by atoms with Gasteiger partial charge < -0.3 is 13.9 Å². The van der Waals surface area contributed by atoms with Crippen LogP contribution in [0.2, 0.25) is 10.0 Å². The van der Waals surface area contributed by atoms with Gasteiger partial charge in [0.1, 0.15) is 5.52 Å². The average Bonchev–Trinajstić information content (AvgIpc) is 3.19. The van der Waals surface area contributed by atoms with Crippen LogP contribution in [0.4, 0.5) is 0 Å². The van der Waals surface area contributed by atoms with Crippen molar-refractivity contribution in [1.82, 2.24) is 4.98 Å². The van der Waals surface area contributed by atoms with Gasteiger partial charge in [-0.3, -0.25) is 0 Å². The standard InChI is InChI=1S/C18H11Cl2NO5/c19-11-5-10(6-12(20)8-11)16-21-13-2-1-9(7-15(13)25-16)17(22)26-14-3-4-24-18(14)23/h1-2,5-8,14H,3-4H2. The first kappa shape index (κ1) is 16.9. The molecule has 3 aromatic rings. The molecule has 0 spiro atoms. The molecular weight excluding hydrogens is 381 g/mol. The predicted octanol–water partition coefficient (Wildman–Crippen LogP) is 4.27. The third-order valence-electron chi connectivity index (χ3n) is 3.87. The third-order valence-corrected chi connectivity index (χ3v) is 4.31. The fourth-order valence-corrected chi connectivity index (χ4v) is 3.16. The van der Waals surface area contributed by atoms with Gasteiger partial charge in [0.2, 0.25) is 12.0 Å². The molecule has 1 unspecified atom stereocenters. The molecule has 1 aliphatic rings. The molecule has 0 saturated carbocycles. The molecule has 132 valence electrons. The first-order chi connectivity index (χ1) is 12.5. The van der Waals surface area contributed by atoms with E-state index in [4.69, 9.17) is 37.1 Å². The van der Waals surface area contributed by atoms with Crippen LogP contribution in [-0.4, -0.2) is 29.6 Å². The largest absolute Gasteiger partial charge is 0.463 e. The Morgan fingerprint density at radius 2 is 1.92 bits per heavy atom. The van der Waals surface area contributed by atoms with E-state index in [1.54, 1.807) is 30.3 Å². The Hall–Kier alpha value is -2.57. The Balaban J connectivity index is 1.63. The second-order valence-corrected chi connectivity index (χ2v) is 6.58. The lowest BCUT2D eigenvalue weighted by atomic mass is 10.2. The Bertz CT molecular complexity index is 1010. The highest BCUT2D eigenvalue weighted by Gasteiger charge is 2.30. The predicted molar refractivity (Wildman–Crippen MR) is 94.2 cm³/mol. The maximum absolute atomic E-state index is 12.2. The molecule has 1 fully saturated rings. The number of nitrogens with zero attached hydrogens (tertiary/aromatic N) is 1. The number of rotatable bonds is 3. The zero-order chi connectivity index (χ0) is 18.3. The maximum Gasteiger partial charge on any atom is 0.347 e. The van der Waals surface area contributed by atoms with Gasteiger partial charge in [0.05, 0.1) is 12.2 Å². The van der Waals surface area contributed by atoms with Gasteiger partial charge in [-0.25, -0.2) is 14.6 Å². The second kappa shape index (κ2) is 6.63. The summed E-state index contributed by atoms with van der Waals surface area (Å²) >= 11 is 12.0. The lowest BCUT2D eigenvalue weighted by Crippen LogP contribution is -2.22. The number of hydrogen-bond donors (Lipinski definition) is 0. The van der Waals surface area contributed by atoms with Crippen LogP contribution in [0, 0.1) is 0 Å². The minimum Gasteiger partial charge on any atom is -0.463 e. The number of esters is 2. The molecule has 1 aliphatic heterocycles. The monoisotopic (exact) mass is 391 g/mol.